The van der Waals surface area contributed by atoms with E-state index in [0.717, 1.165) is 11.6 Å². The van der Waals surface area contributed by atoms with Crippen molar-refractivity contribution in [1.29, 1.82) is 0 Å². The maximum atomic E-state index is 14.6. The van der Waals surface area contributed by atoms with Gasteiger partial charge in [0, 0.05) is 24.3 Å². The zero-order valence-corrected chi connectivity index (χ0v) is 16.0. The van der Waals surface area contributed by atoms with Crippen LogP contribution in [0.25, 0.3) is 0 Å². The molecule has 1 saturated heterocycles. The van der Waals surface area contributed by atoms with Gasteiger partial charge in [-0.25, -0.2) is 14.0 Å². The predicted octanol–water partition coefficient (Wildman–Crippen LogP) is 3.38. The molecule has 0 spiro atoms. The first kappa shape index (κ1) is 19.8. The number of rotatable bonds is 4. The maximum absolute atomic E-state index is 14.6. The number of morpholine rings is 1. The van der Waals surface area contributed by atoms with E-state index < -0.39 is 11.8 Å². The Labute approximate surface area is 163 Å². The van der Waals surface area contributed by atoms with E-state index >= 15 is 0 Å². The number of carbonyl (C=O) groups excluding carboxylic acids is 2. The highest BCUT2D eigenvalue weighted by molar-refractivity contribution is 5.92. The van der Waals surface area contributed by atoms with Crippen molar-refractivity contribution in [1.82, 2.24) is 4.90 Å². The molecule has 6 nitrogen and oxygen atoms in total. The van der Waals surface area contributed by atoms with E-state index in [1.165, 1.54) is 19.2 Å². The van der Waals surface area contributed by atoms with Crippen LogP contribution >= 0.6 is 0 Å². The Kier molecular flexibility index (Phi) is 6.26. The summed E-state index contributed by atoms with van der Waals surface area (Å²) < 4.78 is 24.6. The van der Waals surface area contributed by atoms with Gasteiger partial charge in [-0.3, -0.25) is 4.90 Å². The predicted molar refractivity (Wildman–Crippen MR) is 103 cm³/mol. The number of anilines is 1. The molecule has 1 fully saturated rings. The molecule has 0 radical (unpaired) electrons. The van der Waals surface area contributed by atoms with E-state index in [2.05, 4.69) is 4.74 Å². The third-order valence-corrected chi connectivity index (χ3v) is 4.66. The highest BCUT2D eigenvalue weighted by Gasteiger charge is 2.25. The topological polar surface area (TPSA) is 59.1 Å². The van der Waals surface area contributed by atoms with Crippen LogP contribution in [-0.2, 0) is 16.0 Å². The first-order chi connectivity index (χ1) is 13.5. The molecule has 0 atom stereocenters. The largest absolute Gasteiger partial charge is 0.465 e. The number of amides is 2. The molecule has 0 aliphatic carbocycles. The number of ether oxygens (including phenoxy) is 2. The molecular formula is C21H23FN2O4. The zero-order chi connectivity index (χ0) is 20.1. The fourth-order valence-corrected chi connectivity index (χ4v) is 3.01. The van der Waals surface area contributed by atoms with Crippen LogP contribution in [0.3, 0.4) is 0 Å². The van der Waals surface area contributed by atoms with Crippen molar-refractivity contribution in [3.05, 3.63) is 65.0 Å². The van der Waals surface area contributed by atoms with Gasteiger partial charge in [0.15, 0.2) is 0 Å². The number of hydrogen-bond donors (Lipinski definition) is 0. The molecule has 0 unspecified atom stereocenters. The van der Waals surface area contributed by atoms with Gasteiger partial charge in [-0.2, -0.15) is 0 Å². The van der Waals surface area contributed by atoms with Gasteiger partial charge in [-0.15, -0.1) is 0 Å². The minimum absolute atomic E-state index is 0.0482. The smallest absolute Gasteiger partial charge is 0.337 e. The van der Waals surface area contributed by atoms with Crippen LogP contribution in [0.2, 0.25) is 0 Å². The van der Waals surface area contributed by atoms with Gasteiger partial charge in [-0.05, 0) is 31.2 Å². The standard InChI is InChI=1S/C21H23FN2O4/c1-15-3-7-18(8-4-15)24(21(26)23-9-11-28-12-10-23)14-17-6-5-16(13-19(17)22)20(25)27-2/h3-8,13H,9-12,14H2,1-2H3. The number of hydrogen-bond acceptors (Lipinski definition) is 4. The molecule has 0 bridgehead atoms. The number of esters is 1. The number of methoxy groups -OCH3 is 1. The number of carbonyl (C=O) groups is 2. The number of halogens is 1. The van der Waals surface area contributed by atoms with E-state index in [4.69, 9.17) is 4.74 Å². The van der Waals surface area contributed by atoms with E-state index in [1.807, 2.05) is 31.2 Å². The Balaban J connectivity index is 1.89. The Morgan fingerprint density at radius 1 is 1.14 bits per heavy atom. The summed E-state index contributed by atoms with van der Waals surface area (Å²) in [5.74, 6) is -1.17. The summed E-state index contributed by atoms with van der Waals surface area (Å²) in [5, 5.41) is 0. The monoisotopic (exact) mass is 386 g/mol. The molecule has 2 aromatic carbocycles. The second-order valence-corrected chi connectivity index (χ2v) is 6.60. The molecule has 7 heteroatoms. The summed E-state index contributed by atoms with van der Waals surface area (Å²) in [4.78, 5) is 28.0. The van der Waals surface area contributed by atoms with Crippen molar-refractivity contribution in [2.75, 3.05) is 38.3 Å². The third-order valence-electron chi connectivity index (χ3n) is 4.66. The Bertz CT molecular complexity index is 848. The third kappa shape index (κ3) is 4.48. The van der Waals surface area contributed by atoms with Gasteiger partial charge >= 0.3 is 12.0 Å². The maximum Gasteiger partial charge on any atom is 0.337 e. The summed E-state index contributed by atoms with van der Waals surface area (Å²) in [7, 11) is 1.24. The SMILES string of the molecule is COC(=O)c1ccc(CN(C(=O)N2CCOCC2)c2ccc(C)cc2)c(F)c1. The number of aryl methyl sites for hydroxylation is 1. The first-order valence-electron chi connectivity index (χ1n) is 9.07. The highest BCUT2D eigenvalue weighted by atomic mass is 19.1. The number of urea groups is 1. The van der Waals surface area contributed by atoms with Gasteiger partial charge in [-0.1, -0.05) is 23.8 Å². The van der Waals surface area contributed by atoms with Crippen LogP contribution in [0.5, 0.6) is 0 Å². The number of nitrogens with zero attached hydrogens (tertiary/aromatic N) is 2. The quantitative estimate of drug-likeness (QED) is 0.756. The molecule has 0 aromatic heterocycles. The van der Waals surface area contributed by atoms with Crippen molar-refractivity contribution in [3.63, 3.8) is 0 Å². The van der Waals surface area contributed by atoms with Crippen molar-refractivity contribution < 1.29 is 23.5 Å². The lowest BCUT2D eigenvalue weighted by Gasteiger charge is -2.33. The molecule has 2 amide bonds. The normalized spacial score (nSPS) is 13.9. The molecule has 1 aliphatic heterocycles. The lowest BCUT2D eigenvalue weighted by molar-refractivity contribution is 0.0548. The summed E-state index contributed by atoms with van der Waals surface area (Å²) in [6.07, 6.45) is 0. The van der Waals surface area contributed by atoms with Crippen molar-refractivity contribution in [2.45, 2.75) is 13.5 Å². The van der Waals surface area contributed by atoms with E-state index in [0.29, 0.717) is 37.6 Å². The molecule has 0 saturated carbocycles. The number of benzene rings is 2. The lowest BCUT2D eigenvalue weighted by atomic mass is 10.1. The van der Waals surface area contributed by atoms with E-state index in [1.54, 1.807) is 9.80 Å². The fraction of sp³-hybridized carbons (Fsp3) is 0.333. The summed E-state index contributed by atoms with van der Waals surface area (Å²) >= 11 is 0. The Hall–Kier alpha value is -2.93. The van der Waals surface area contributed by atoms with Crippen molar-refractivity contribution in [2.24, 2.45) is 0 Å². The highest BCUT2D eigenvalue weighted by Crippen LogP contribution is 2.22. The van der Waals surface area contributed by atoms with Crippen LogP contribution in [0.4, 0.5) is 14.9 Å². The van der Waals surface area contributed by atoms with Crippen LogP contribution in [0.15, 0.2) is 42.5 Å². The zero-order valence-electron chi connectivity index (χ0n) is 16.0. The molecule has 148 valence electrons. The minimum Gasteiger partial charge on any atom is -0.465 e. The fourth-order valence-electron chi connectivity index (χ4n) is 3.01. The van der Waals surface area contributed by atoms with Gasteiger partial charge in [0.25, 0.3) is 0 Å². The van der Waals surface area contributed by atoms with Crippen LogP contribution in [-0.4, -0.2) is 50.3 Å². The Morgan fingerprint density at radius 3 is 2.43 bits per heavy atom. The second-order valence-electron chi connectivity index (χ2n) is 6.60. The molecule has 1 heterocycles. The van der Waals surface area contributed by atoms with Crippen molar-refractivity contribution >= 4 is 17.7 Å². The van der Waals surface area contributed by atoms with Crippen LogP contribution in [0.1, 0.15) is 21.5 Å². The van der Waals surface area contributed by atoms with Crippen LogP contribution in [0, 0.1) is 12.7 Å². The average molecular weight is 386 g/mol. The van der Waals surface area contributed by atoms with Gasteiger partial charge in [0.2, 0.25) is 0 Å². The summed E-state index contributed by atoms with van der Waals surface area (Å²) in [5.41, 5.74) is 2.19. The Morgan fingerprint density at radius 2 is 1.82 bits per heavy atom. The summed E-state index contributed by atoms with van der Waals surface area (Å²) in [6, 6.07) is 11.4. The first-order valence-corrected chi connectivity index (χ1v) is 9.07. The average Bonchev–Trinajstić information content (AvgIpc) is 2.73. The van der Waals surface area contributed by atoms with E-state index in [-0.39, 0.29) is 18.1 Å². The molecule has 0 N–H and O–H groups in total. The van der Waals surface area contributed by atoms with Gasteiger partial charge in [0.05, 0.1) is 32.4 Å². The molecule has 3 rings (SSSR count). The summed E-state index contributed by atoms with van der Waals surface area (Å²) in [6.45, 7) is 3.96. The minimum atomic E-state index is -0.606. The lowest BCUT2D eigenvalue weighted by Crippen LogP contribution is -2.48. The van der Waals surface area contributed by atoms with E-state index in [9.17, 15) is 14.0 Å². The van der Waals surface area contributed by atoms with Crippen LogP contribution < -0.4 is 4.90 Å². The van der Waals surface area contributed by atoms with Gasteiger partial charge in [0.1, 0.15) is 5.82 Å². The second kappa shape index (κ2) is 8.84. The molecule has 28 heavy (non-hydrogen) atoms. The molecule has 1 aliphatic rings. The van der Waals surface area contributed by atoms with Crippen molar-refractivity contribution in [3.8, 4) is 0 Å². The molecular weight excluding hydrogens is 363 g/mol. The molecule has 2 aromatic rings. The van der Waals surface area contributed by atoms with Gasteiger partial charge < -0.3 is 14.4 Å².